The van der Waals surface area contributed by atoms with Crippen molar-refractivity contribution in [2.75, 3.05) is 13.1 Å². The lowest BCUT2D eigenvalue weighted by Crippen LogP contribution is -2.29. The first-order valence-electron chi connectivity index (χ1n) is 9.79. The number of nitrogens with one attached hydrogen (secondary N) is 1. The third-order valence-electron chi connectivity index (χ3n) is 5.82. The molecule has 2 aromatic rings. The van der Waals surface area contributed by atoms with E-state index in [0.717, 1.165) is 50.9 Å². The summed E-state index contributed by atoms with van der Waals surface area (Å²) in [6, 6.07) is 7.41. The number of carbonyl (C=O) groups is 1. The molecule has 4 rings (SSSR count). The second kappa shape index (κ2) is 7.52. The minimum Gasteiger partial charge on any atom is -0.508 e. The molecule has 2 N–H and O–H groups in total. The number of phenolic OH excluding ortho intramolecular Hbond substituents is 1. The van der Waals surface area contributed by atoms with Crippen LogP contribution in [0, 0.1) is 5.92 Å². The third kappa shape index (κ3) is 3.76. The summed E-state index contributed by atoms with van der Waals surface area (Å²) in [5.74, 6) is 1.07. The predicted molar refractivity (Wildman–Crippen MR) is 100 cm³/mol. The second-order valence-corrected chi connectivity index (χ2v) is 7.70. The maximum atomic E-state index is 12.6. The van der Waals surface area contributed by atoms with Crippen molar-refractivity contribution in [3.8, 4) is 5.75 Å². The first-order valence-corrected chi connectivity index (χ1v) is 9.79. The fourth-order valence-corrected chi connectivity index (χ4v) is 4.33. The van der Waals surface area contributed by atoms with Gasteiger partial charge >= 0.3 is 0 Å². The van der Waals surface area contributed by atoms with Crippen LogP contribution in [0.5, 0.6) is 5.75 Å². The molecule has 1 aromatic heterocycles. The van der Waals surface area contributed by atoms with Gasteiger partial charge in [0.15, 0.2) is 0 Å². The van der Waals surface area contributed by atoms with E-state index in [-0.39, 0.29) is 5.91 Å². The summed E-state index contributed by atoms with van der Waals surface area (Å²) < 4.78 is 0. The average Bonchev–Trinajstić information content (AvgIpc) is 3.29. The number of hydrogen-bond donors (Lipinski definition) is 2. The quantitative estimate of drug-likeness (QED) is 0.868. The van der Waals surface area contributed by atoms with Crippen LogP contribution in [0.3, 0.4) is 0 Å². The van der Waals surface area contributed by atoms with Gasteiger partial charge < -0.3 is 10.0 Å². The van der Waals surface area contributed by atoms with Crippen molar-refractivity contribution < 1.29 is 9.90 Å². The van der Waals surface area contributed by atoms with Gasteiger partial charge in [-0.3, -0.25) is 9.89 Å². The van der Waals surface area contributed by atoms with Crippen molar-refractivity contribution in [2.24, 2.45) is 5.92 Å². The molecule has 0 radical (unpaired) electrons. The average molecular weight is 353 g/mol. The molecular weight excluding hydrogens is 326 g/mol. The van der Waals surface area contributed by atoms with Gasteiger partial charge in [-0.05, 0) is 67.7 Å². The van der Waals surface area contributed by atoms with E-state index in [4.69, 9.17) is 0 Å². The van der Waals surface area contributed by atoms with E-state index < -0.39 is 0 Å². The number of phenols is 1. The maximum absolute atomic E-state index is 12.6. The Bertz CT molecular complexity index is 766. The normalized spacial score (nSPS) is 19.5. The Labute approximate surface area is 154 Å². The van der Waals surface area contributed by atoms with Crippen LogP contribution in [0.2, 0.25) is 0 Å². The van der Waals surface area contributed by atoms with E-state index in [2.05, 4.69) is 10.2 Å². The minimum absolute atomic E-state index is 0.255. The van der Waals surface area contributed by atoms with Crippen LogP contribution >= 0.6 is 0 Å². The van der Waals surface area contributed by atoms with Gasteiger partial charge in [-0.2, -0.15) is 5.10 Å². The van der Waals surface area contributed by atoms with Gasteiger partial charge in [0.25, 0.3) is 0 Å². The van der Waals surface area contributed by atoms with Gasteiger partial charge in [0, 0.05) is 31.6 Å². The van der Waals surface area contributed by atoms with Gasteiger partial charge in [-0.1, -0.05) is 12.1 Å². The number of amides is 1. The zero-order valence-corrected chi connectivity index (χ0v) is 15.2. The summed E-state index contributed by atoms with van der Waals surface area (Å²) in [7, 11) is 0. The molecule has 1 atom stereocenters. The van der Waals surface area contributed by atoms with Crippen LogP contribution < -0.4 is 0 Å². The molecule has 2 aliphatic rings. The minimum atomic E-state index is 0.255. The number of rotatable bonds is 5. The van der Waals surface area contributed by atoms with Crippen molar-refractivity contribution in [2.45, 2.75) is 51.4 Å². The summed E-state index contributed by atoms with van der Waals surface area (Å²) in [5.41, 5.74) is 4.99. The number of nitrogens with zero attached hydrogens (tertiary/aromatic N) is 2. The number of likely N-dealkylation sites (tertiary alicyclic amines) is 1. The topological polar surface area (TPSA) is 69.2 Å². The van der Waals surface area contributed by atoms with Crippen LogP contribution in [0.1, 0.15) is 48.2 Å². The number of aromatic hydroxyl groups is 1. The van der Waals surface area contributed by atoms with E-state index in [1.54, 1.807) is 12.1 Å². The zero-order chi connectivity index (χ0) is 17.9. The van der Waals surface area contributed by atoms with Crippen molar-refractivity contribution in [1.82, 2.24) is 15.1 Å². The maximum Gasteiger partial charge on any atom is 0.222 e. The summed E-state index contributed by atoms with van der Waals surface area (Å²) in [6.45, 7) is 1.71. The standard InChI is InChI=1S/C21H27N3O2/c25-17-7-5-15(6-8-17)13-16-11-12-24(14-16)21(26)10-9-20-18-3-1-2-4-19(18)22-23-20/h5-8,16,25H,1-4,9-14H2,(H,22,23). The highest BCUT2D eigenvalue weighted by Gasteiger charge is 2.26. The fourth-order valence-electron chi connectivity index (χ4n) is 4.33. The van der Waals surface area contributed by atoms with E-state index in [0.29, 0.717) is 18.1 Å². The number of aromatic nitrogens is 2. The molecule has 5 nitrogen and oxygen atoms in total. The van der Waals surface area contributed by atoms with Gasteiger partial charge in [-0.15, -0.1) is 0 Å². The molecule has 1 saturated heterocycles. The molecule has 0 saturated carbocycles. The van der Waals surface area contributed by atoms with Gasteiger partial charge in [0.05, 0.1) is 5.69 Å². The van der Waals surface area contributed by atoms with Crippen molar-refractivity contribution in [3.63, 3.8) is 0 Å². The summed E-state index contributed by atoms with van der Waals surface area (Å²) in [4.78, 5) is 14.6. The number of aryl methyl sites for hydroxylation is 2. The molecule has 1 aromatic carbocycles. The Hall–Kier alpha value is -2.30. The van der Waals surface area contributed by atoms with Crippen LogP contribution in [0.15, 0.2) is 24.3 Å². The molecule has 0 spiro atoms. The smallest absolute Gasteiger partial charge is 0.222 e. The fraction of sp³-hybridized carbons (Fsp3) is 0.524. The van der Waals surface area contributed by atoms with Gasteiger partial charge in [0.2, 0.25) is 5.91 Å². The Morgan fingerprint density at radius 2 is 2.04 bits per heavy atom. The predicted octanol–water partition coefficient (Wildman–Crippen LogP) is 3.02. The van der Waals surface area contributed by atoms with E-state index in [1.807, 2.05) is 17.0 Å². The van der Waals surface area contributed by atoms with Gasteiger partial charge in [-0.25, -0.2) is 0 Å². The molecular formula is C21H27N3O2. The highest BCUT2D eigenvalue weighted by atomic mass is 16.3. The highest BCUT2D eigenvalue weighted by Crippen LogP contribution is 2.25. The first kappa shape index (κ1) is 17.1. The molecule has 5 heteroatoms. The Kier molecular flexibility index (Phi) is 4.96. The Balaban J connectivity index is 1.28. The number of fused-ring (bicyclic) bond motifs is 1. The molecule has 0 bridgehead atoms. The van der Waals surface area contributed by atoms with E-state index >= 15 is 0 Å². The first-order chi connectivity index (χ1) is 12.7. The number of carbonyl (C=O) groups excluding carboxylic acids is 1. The molecule has 1 amide bonds. The van der Waals surface area contributed by atoms with E-state index in [9.17, 15) is 9.90 Å². The summed E-state index contributed by atoms with van der Waals surface area (Å²) >= 11 is 0. The lowest BCUT2D eigenvalue weighted by molar-refractivity contribution is -0.130. The molecule has 1 fully saturated rings. The van der Waals surface area contributed by atoms with Crippen LogP contribution in [-0.2, 0) is 30.5 Å². The number of benzene rings is 1. The second-order valence-electron chi connectivity index (χ2n) is 7.70. The molecule has 1 aliphatic heterocycles. The van der Waals surface area contributed by atoms with Crippen molar-refractivity contribution >= 4 is 5.91 Å². The zero-order valence-electron chi connectivity index (χ0n) is 15.2. The lowest BCUT2D eigenvalue weighted by atomic mass is 9.94. The molecule has 138 valence electrons. The van der Waals surface area contributed by atoms with Gasteiger partial charge in [0.1, 0.15) is 5.75 Å². The number of aromatic amines is 1. The summed E-state index contributed by atoms with van der Waals surface area (Å²) in [5, 5.41) is 17.0. The number of hydrogen-bond acceptors (Lipinski definition) is 3. The van der Waals surface area contributed by atoms with Crippen LogP contribution in [0.25, 0.3) is 0 Å². The lowest BCUT2D eigenvalue weighted by Gasteiger charge is -2.17. The molecule has 1 aliphatic carbocycles. The number of H-pyrrole nitrogens is 1. The molecule has 1 unspecified atom stereocenters. The highest BCUT2D eigenvalue weighted by molar-refractivity contribution is 5.76. The Morgan fingerprint density at radius 1 is 1.23 bits per heavy atom. The third-order valence-corrected chi connectivity index (χ3v) is 5.82. The van der Waals surface area contributed by atoms with Crippen molar-refractivity contribution in [1.29, 1.82) is 0 Å². The molecule has 26 heavy (non-hydrogen) atoms. The SMILES string of the molecule is O=C(CCc1n[nH]c2c1CCCC2)N1CCC(Cc2ccc(O)cc2)C1. The monoisotopic (exact) mass is 353 g/mol. The van der Waals surface area contributed by atoms with Crippen LogP contribution in [-0.4, -0.2) is 39.2 Å². The Morgan fingerprint density at radius 3 is 2.88 bits per heavy atom. The van der Waals surface area contributed by atoms with Crippen LogP contribution in [0.4, 0.5) is 0 Å². The summed E-state index contributed by atoms with van der Waals surface area (Å²) in [6.07, 6.45) is 8.02. The van der Waals surface area contributed by atoms with E-state index in [1.165, 1.54) is 29.7 Å². The van der Waals surface area contributed by atoms with Crippen molar-refractivity contribution in [3.05, 3.63) is 46.8 Å². The largest absolute Gasteiger partial charge is 0.508 e. The molecule has 2 heterocycles.